The Hall–Kier alpha value is -1.88. The first-order valence-electron chi connectivity index (χ1n) is 6.23. The number of anilines is 2. The van der Waals surface area contributed by atoms with Crippen LogP contribution >= 0.6 is 39.1 Å². The van der Waals surface area contributed by atoms with Gasteiger partial charge in [-0.1, -0.05) is 23.2 Å². The largest absolute Gasteiger partial charge is 0.396 e. The van der Waals surface area contributed by atoms with Crippen LogP contribution in [-0.2, 0) is 4.79 Å². The molecule has 0 aromatic heterocycles. The van der Waals surface area contributed by atoms with E-state index in [1.807, 2.05) is 0 Å². The number of carbonyl (C=O) groups is 1. The van der Waals surface area contributed by atoms with Gasteiger partial charge in [-0.25, -0.2) is 8.78 Å². The van der Waals surface area contributed by atoms with Crippen molar-refractivity contribution >= 4 is 56.4 Å². The molecule has 0 heterocycles. The van der Waals surface area contributed by atoms with Gasteiger partial charge < -0.3 is 11.1 Å². The zero-order valence-corrected chi connectivity index (χ0v) is 15.2. The predicted octanol–water partition coefficient (Wildman–Crippen LogP) is 5.13. The summed E-state index contributed by atoms with van der Waals surface area (Å²) in [5, 5.41) is 10.5. The van der Waals surface area contributed by atoms with Crippen molar-refractivity contribution in [3.63, 3.8) is 0 Å². The first-order chi connectivity index (χ1) is 11.2. The Labute approximate surface area is 155 Å². The smallest absolute Gasteiger partial charge is 0.221 e. The lowest BCUT2D eigenvalue weighted by molar-refractivity contribution is -0.114. The normalized spacial score (nSPS) is 9.54. The molecule has 2 aromatic carbocycles. The maximum atomic E-state index is 13.2. The number of nitrogens with two attached hydrogens (primary N) is 1. The Morgan fingerprint density at radius 2 is 1.83 bits per heavy atom. The Morgan fingerprint density at radius 1 is 1.21 bits per heavy atom. The lowest BCUT2D eigenvalue weighted by Crippen LogP contribution is -2.07. The van der Waals surface area contributed by atoms with Crippen LogP contribution in [0.25, 0.3) is 0 Å². The van der Waals surface area contributed by atoms with E-state index in [1.54, 1.807) is 12.1 Å². The van der Waals surface area contributed by atoms with Crippen molar-refractivity contribution in [3.05, 3.63) is 56.0 Å². The lowest BCUT2D eigenvalue weighted by Gasteiger charge is -2.05. The lowest BCUT2D eigenvalue weighted by atomic mass is 10.2. The van der Waals surface area contributed by atoms with Gasteiger partial charge in [0.05, 0.1) is 27.0 Å². The molecule has 9 heteroatoms. The molecule has 24 heavy (non-hydrogen) atoms. The minimum Gasteiger partial charge on any atom is -0.396 e. The van der Waals surface area contributed by atoms with Crippen LogP contribution in [-0.4, -0.2) is 5.91 Å². The molecular formula is C15H10BrCl2F2N3O. The van der Waals surface area contributed by atoms with Crippen molar-refractivity contribution in [2.75, 3.05) is 11.1 Å². The Balaban J connectivity index is 0.000000243. The van der Waals surface area contributed by atoms with E-state index < -0.39 is 11.6 Å². The van der Waals surface area contributed by atoms with E-state index in [-0.39, 0.29) is 32.9 Å². The molecule has 0 aliphatic rings. The third-order valence-corrected chi connectivity index (χ3v) is 4.21. The summed E-state index contributed by atoms with van der Waals surface area (Å²) < 4.78 is 26.5. The molecule has 0 radical (unpaired) electrons. The van der Waals surface area contributed by atoms with Crippen molar-refractivity contribution in [1.29, 1.82) is 5.26 Å². The maximum absolute atomic E-state index is 13.2. The van der Waals surface area contributed by atoms with Crippen molar-refractivity contribution in [2.24, 2.45) is 0 Å². The highest BCUT2D eigenvalue weighted by Gasteiger charge is 2.10. The molecule has 0 bridgehead atoms. The Bertz CT molecular complexity index is 825. The monoisotopic (exact) mass is 435 g/mol. The number of halogens is 5. The van der Waals surface area contributed by atoms with E-state index in [0.717, 1.165) is 0 Å². The van der Waals surface area contributed by atoms with Gasteiger partial charge in [-0.15, -0.1) is 0 Å². The number of nitriles is 1. The van der Waals surface area contributed by atoms with Crippen LogP contribution in [0, 0.1) is 23.0 Å². The van der Waals surface area contributed by atoms with E-state index in [4.69, 9.17) is 34.2 Å². The molecule has 0 saturated carbocycles. The van der Waals surface area contributed by atoms with E-state index in [9.17, 15) is 13.6 Å². The predicted molar refractivity (Wildman–Crippen MR) is 94.0 cm³/mol. The highest BCUT2D eigenvalue weighted by molar-refractivity contribution is 9.10. The average molecular weight is 437 g/mol. The molecule has 4 nitrogen and oxygen atoms in total. The number of carbonyl (C=O) groups excluding carboxylic acids is 1. The van der Waals surface area contributed by atoms with Crippen LogP contribution in [0.1, 0.15) is 12.5 Å². The second-order valence-corrected chi connectivity index (χ2v) is 5.96. The van der Waals surface area contributed by atoms with Gasteiger partial charge in [0.15, 0.2) is 11.6 Å². The fourth-order valence-corrected chi connectivity index (χ4v) is 2.15. The number of hydrogen-bond acceptors (Lipinski definition) is 3. The third-order valence-electron chi connectivity index (χ3n) is 2.58. The van der Waals surface area contributed by atoms with Gasteiger partial charge in [-0.2, -0.15) is 5.26 Å². The van der Waals surface area contributed by atoms with Crippen LogP contribution < -0.4 is 11.1 Å². The Kier molecular flexibility index (Phi) is 7.42. The topological polar surface area (TPSA) is 78.9 Å². The molecule has 0 atom stereocenters. The summed E-state index contributed by atoms with van der Waals surface area (Å²) in [7, 11) is 0. The van der Waals surface area contributed by atoms with Crippen molar-refractivity contribution < 1.29 is 13.6 Å². The van der Waals surface area contributed by atoms with E-state index in [1.165, 1.54) is 25.1 Å². The summed E-state index contributed by atoms with van der Waals surface area (Å²) >= 11 is 14.1. The summed E-state index contributed by atoms with van der Waals surface area (Å²) in [5.41, 5.74) is 5.31. The van der Waals surface area contributed by atoms with Crippen molar-refractivity contribution in [1.82, 2.24) is 0 Å². The van der Waals surface area contributed by atoms with Crippen LogP contribution in [0.5, 0.6) is 0 Å². The first-order valence-corrected chi connectivity index (χ1v) is 7.78. The Morgan fingerprint density at radius 3 is 2.38 bits per heavy atom. The number of amides is 1. The number of rotatable bonds is 1. The van der Waals surface area contributed by atoms with E-state index in [0.29, 0.717) is 4.47 Å². The summed E-state index contributed by atoms with van der Waals surface area (Å²) in [6.07, 6.45) is 0. The summed E-state index contributed by atoms with van der Waals surface area (Å²) in [6.45, 7) is 1.30. The molecule has 0 fully saturated rings. The zero-order valence-electron chi connectivity index (χ0n) is 12.1. The number of nitrogen functional groups attached to an aromatic ring is 1. The van der Waals surface area contributed by atoms with Gasteiger partial charge in [-0.05, 0) is 40.2 Å². The van der Waals surface area contributed by atoms with Crippen molar-refractivity contribution in [2.45, 2.75) is 6.92 Å². The van der Waals surface area contributed by atoms with Gasteiger partial charge in [-0.3, -0.25) is 4.79 Å². The molecule has 2 aromatic rings. The number of benzene rings is 2. The third kappa shape index (κ3) is 5.06. The van der Waals surface area contributed by atoms with Crippen LogP contribution in [0.15, 0.2) is 28.7 Å². The number of hydrogen-bond donors (Lipinski definition) is 2. The molecular weight excluding hydrogens is 427 g/mol. The van der Waals surface area contributed by atoms with E-state index in [2.05, 4.69) is 21.2 Å². The quantitative estimate of drug-likeness (QED) is 0.480. The average Bonchev–Trinajstić information content (AvgIpc) is 2.54. The number of nitrogens with zero attached hydrogens (tertiary/aromatic N) is 1. The van der Waals surface area contributed by atoms with Crippen LogP contribution in [0.2, 0.25) is 10.0 Å². The second-order valence-electron chi connectivity index (χ2n) is 4.35. The van der Waals surface area contributed by atoms with Gasteiger partial charge in [0.2, 0.25) is 5.91 Å². The molecule has 0 spiro atoms. The summed E-state index contributed by atoms with van der Waals surface area (Å²) in [5.74, 6) is -1.70. The molecule has 2 rings (SSSR count). The molecule has 0 aliphatic heterocycles. The van der Waals surface area contributed by atoms with Gasteiger partial charge in [0.1, 0.15) is 6.07 Å². The molecule has 3 N–H and O–H groups in total. The minimum atomic E-state index is -0.731. The number of nitrogens with one attached hydrogen (secondary N) is 1. The highest BCUT2D eigenvalue weighted by atomic mass is 79.9. The molecule has 1 amide bonds. The standard InChI is InChI=1S/C8H6BrClFNO.C7H4ClFN2/c1-4(13)12-6-3-2-5(9)7(10)8(6)11;8-6-4(3-10)1-2-5(11)7(6)9/h2-3H,1H3,(H,12,13);1-2H,11H2. The SMILES string of the molecule is CC(=O)Nc1ccc(Br)c(Cl)c1F.N#Cc1ccc(N)c(F)c1Cl. The highest BCUT2D eigenvalue weighted by Crippen LogP contribution is 2.30. The van der Waals surface area contributed by atoms with Crippen LogP contribution in [0.3, 0.4) is 0 Å². The molecule has 0 unspecified atom stereocenters. The summed E-state index contributed by atoms with van der Waals surface area (Å²) in [6, 6.07) is 7.42. The van der Waals surface area contributed by atoms with Crippen molar-refractivity contribution in [3.8, 4) is 6.07 Å². The van der Waals surface area contributed by atoms with Crippen LogP contribution in [0.4, 0.5) is 20.2 Å². The first kappa shape index (κ1) is 20.2. The summed E-state index contributed by atoms with van der Waals surface area (Å²) in [4.78, 5) is 10.6. The van der Waals surface area contributed by atoms with Gasteiger partial charge >= 0.3 is 0 Å². The molecule has 0 saturated heterocycles. The fraction of sp³-hybridized carbons (Fsp3) is 0.0667. The zero-order chi connectivity index (χ0) is 18.4. The van der Waals surface area contributed by atoms with Gasteiger partial charge in [0, 0.05) is 11.4 Å². The molecule has 0 aliphatic carbocycles. The second kappa shape index (κ2) is 8.83. The maximum Gasteiger partial charge on any atom is 0.221 e. The fourth-order valence-electron chi connectivity index (χ4n) is 1.46. The minimum absolute atomic E-state index is 0.0359. The van der Waals surface area contributed by atoms with E-state index >= 15 is 0 Å². The van der Waals surface area contributed by atoms with Gasteiger partial charge in [0.25, 0.3) is 0 Å². The molecule has 126 valence electrons.